The maximum Gasteiger partial charge on any atom is 0.243 e. The highest BCUT2D eigenvalue weighted by atomic mass is 16.3. The molecule has 6 atom stereocenters. The summed E-state index contributed by atoms with van der Waals surface area (Å²) in [5.74, 6) is -9.46. The number of hydrogen-bond acceptors (Lipinski definition) is 20. The van der Waals surface area contributed by atoms with Gasteiger partial charge in [0.15, 0.2) is 0 Å². The first-order valence-corrected chi connectivity index (χ1v) is 29.2. The van der Waals surface area contributed by atoms with E-state index >= 15 is 0 Å². The number of carbonyl (C=O) groups excluding carboxylic acids is 14. The summed E-state index contributed by atoms with van der Waals surface area (Å²) in [7, 11) is 0. The average Bonchev–Trinajstić information content (AvgIpc) is 1.74. The molecular weight excluding hydrogens is 1150 g/mol. The van der Waals surface area contributed by atoms with E-state index in [0.29, 0.717) is 51.6 Å². The zero-order chi connectivity index (χ0) is 63.9. The number of phenols is 2. The Morgan fingerprint density at radius 2 is 0.773 bits per heavy atom. The molecule has 7 rings (SSSR count). The predicted octanol–water partition coefficient (Wildman–Crippen LogP) is -5.72. The minimum atomic E-state index is -1.09. The Hall–Kier alpha value is -9.46. The van der Waals surface area contributed by atoms with E-state index in [2.05, 4.69) is 53.2 Å². The number of phenolic OH excluding ortho intramolecular Hbond substituents is 2. The van der Waals surface area contributed by atoms with Gasteiger partial charge in [-0.25, -0.2) is 0 Å². The zero-order valence-electron chi connectivity index (χ0n) is 48.9. The van der Waals surface area contributed by atoms with Crippen molar-refractivity contribution in [3.05, 3.63) is 46.5 Å². The number of aromatic hydroxyl groups is 2. The highest BCUT2D eigenvalue weighted by molar-refractivity contribution is 6.33. The summed E-state index contributed by atoms with van der Waals surface area (Å²) in [6.07, 6.45) is 3.56. The van der Waals surface area contributed by atoms with Crippen LogP contribution >= 0.6 is 0 Å². The topological polar surface area (TPSA) is 465 Å². The number of nitrogens with zero attached hydrogens (tertiary/aromatic N) is 4. The van der Waals surface area contributed by atoms with Crippen molar-refractivity contribution in [2.24, 2.45) is 11.5 Å². The fourth-order valence-electron chi connectivity index (χ4n) is 11.3. The standard InChI is InChI=1S/C56H76N16O16/c1-29(67-55(87)35-9-5-21-71(35)43(79)27-63-39(75)25-65-53(85)33-7-3-19-69(33)41(77)23-57)51(83)61-17-15-59-31-11-12-32(46-45(31)49(81)47-37(73)13-14-38(74)48(47)50(46)82)60-16-18-62-52(84)30(2)68-56(88)36-10-6-22-72(36)44(80)28-64-40(76)26-66-54(86)34-8-4-20-70(34)42(78)24-58/h11-14,29-30,33-36,59-60,73-74H,3-10,15-28,57-58H2,1-2H3,(H,61,83)(H,62,84)(H,63,75)(H,64,76)(H,65,85)(H,66,86)(H,67,87)(H,68,88)/t29-,30-,33-,34-,35-,36-/m0/s1. The molecule has 0 radical (unpaired) electrons. The first-order valence-electron chi connectivity index (χ1n) is 29.2. The summed E-state index contributed by atoms with van der Waals surface area (Å²) >= 11 is 0. The molecule has 4 aliphatic heterocycles. The average molecular weight is 1230 g/mol. The lowest BCUT2D eigenvalue weighted by atomic mass is 9.81. The summed E-state index contributed by atoms with van der Waals surface area (Å²) in [4.78, 5) is 188. The number of likely N-dealkylation sites (tertiary alicyclic amines) is 4. The molecule has 2 aromatic rings. The Balaban J connectivity index is 0.855. The summed E-state index contributed by atoms with van der Waals surface area (Å²) in [6, 6.07) is -0.483. The summed E-state index contributed by atoms with van der Waals surface area (Å²) < 4.78 is 0. The van der Waals surface area contributed by atoms with Crippen molar-refractivity contribution in [1.82, 2.24) is 62.1 Å². The quantitative estimate of drug-likeness (QED) is 0.0263. The number of carbonyl (C=O) groups is 14. The van der Waals surface area contributed by atoms with E-state index in [1.54, 1.807) is 0 Å². The first kappa shape index (κ1) is 66.1. The van der Waals surface area contributed by atoms with Crippen LogP contribution in [-0.2, 0) is 57.5 Å². The second-order valence-electron chi connectivity index (χ2n) is 21.7. The van der Waals surface area contributed by atoms with Gasteiger partial charge in [0.25, 0.3) is 0 Å². The molecule has 0 unspecified atom stereocenters. The lowest BCUT2D eigenvalue weighted by Crippen LogP contribution is -2.54. The number of hydrogen-bond donors (Lipinski definition) is 14. The van der Waals surface area contributed by atoms with Gasteiger partial charge in [0.2, 0.25) is 82.5 Å². The minimum Gasteiger partial charge on any atom is -0.507 e. The molecule has 0 bridgehead atoms. The zero-order valence-corrected chi connectivity index (χ0v) is 48.9. The number of amides is 12. The number of rotatable bonds is 26. The molecule has 0 saturated carbocycles. The SMILES string of the molecule is C[C@H](NC(=O)[C@@H]1CCCN1C(=O)CNC(=O)CNC(=O)[C@@H]1CCCN1C(=O)CN)C(=O)NCCNc1ccc(NCCNC(=O)[C@H](C)NC(=O)[C@@H]2CCCN2C(=O)CNC(=O)CNC(=O)[C@@H]2CCCN2C(=O)CN)c2c1C(=O)c1c(O)ccc(O)c1C2=O. The molecule has 1 aliphatic carbocycles. The second kappa shape index (κ2) is 30.3. The highest BCUT2D eigenvalue weighted by Crippen LogP contribution is 2.42. The molecule has 476 valence electrons. The van der Waals surface area contributed by atoms with Gasteiger partial charge >= 0.3 is 0 Å². The van der Waals surface area contributed by atoms with Crippen molar-refractivity contribution in [3.63, 3.8) is 0 Å². The largest absolute Gasteiger partial charge is 0.507 e. The second-order valence-corrected chi connectivity index (χ2v) is 21.7. The highest BCUT2D eigenvalue weighted by Gasteiger charge is 2.41. The number of fused-ring (bicyclic) bond motifs is 2. The van der Waals surface area contributed by atoms with Crippen molar-refractivity contribution in [3.8, 4) is 11.5 Å². The predicted molar refractivity (Wildman–Crippen MR) is 310 cm³/mol. The van der Waals surface area contributed by atoms with E-state index in [-0.39, 0.29) is 99.5 Å². The molecule has 4 fully saturated rings. The van der Waals surface area contributed by atoms with E-state index in [1.807, 2.05) is 0 Å². The van der Waals surface area contributed by atoms with E-state index in [0.717, 1.165) is 12.1 Å². The van der Waals surface area contributed by atoms with Crippen LogP contribution in [0.3, 0.4) is 0 Å². The number of nitrogens with two attached hydrogens (primary N) is 2. The fourth-order valence-corrected chi connectivity index (χ4v) is 11.3. The van der Waals surface area contributed by atoms with Crippen LogP contribution in [0.2, 0.25) is 0 Å². The van der Waals surface area contributed by atoms with Gasteiger partial charge in [-0.2, -0.15) is 0 Å². The van der Waals surface area contributed by atoms with Crippen molar-refractivity contribution < 1.29 is 77.3 Å². The van der Waals surface area contributed by atoms with E-state index in [9.17, 15) is 77.3 Å². The lowest BCUT2D eigenvalue weighted by Gasteiger charge is -2.26. The van der Waals surface area contributed by atoms with E-state index in [4.69, 9.17) is 11.5 Å². The molecule has 0 spiro atoms. The molecule has 88 heavy (non-hydrogen) atoms. The summed E-state index contributed by atoms with van der Waals surface area (Å²) in [5, 5.41) is 47.9. The molecule has 16 N–H and O–H groups in total. The Morgan fingerprint density at radius 3 is 1.11 bits per heavy atom. The van der Waals surface area contributed by atoms with Crippen LogP contribution in [-0.4, -0.2) is 240 Å². The van der Waals surface area contributed by atoms with Gasteiger partial charge in [0.05, 0.1) is 61.5 Å². The molecule has 5 aliphatic rings. The Morgan fingerprint density at radius 1 is 0.443 bits per heavy atom. The van der Waals surface area contributed by atoms with Crippen molar-refractivity contribution in [2.45, 2.75) is 101 Å². The van der Waals surface area contributed by atoms with Crippen LogP contribution in [0.15, 0.2) is 24.3 Å². The third-order valence-electron chi connectivity index (χ3n) is 15.8. The Bertz CT molecular complexity index is 2900. The number of anilines is 2. The normalized spacial score (nSPS) is 19.1. The lowest BCUT2D eigenvalue weighted by molar-refractivity contribution is -0.139. The van der Waals surface area contributed by atoms with Gasteiger partial charge < -0.3 is 94.4 Å². The summed E-state index contributed by atoms with van der Waals surface area (Å²) in [6.45, 7) is 1.48. The minimum absolute atomic E-state index is 0.0300. The van der Waals surface area contributed by atoms with Crippen LogP contribution in [0.4, 0.5) is 11.4 Å². The smallest absolute Gasteiger partial charge is 0.243 e. The van der Waals surface area contributed by atoms with E-state index < -0.39 is 156 Å². The van der Waals surface area contributed by atoms with Crippen LogP contribution in [0.1, 0.15) is 97.1 Å². The van der Waals surface area contributed by atoms with Gasteiger partial charge in [-0.1, -0.05) is 0 Å². The first-order chi connectivity index (χ1) is 42.1. The van der Waals surface area contributed by atoms with Gasteiger partial charge in [0.1, 0.15) is 47.8 Å². The fraction of sp³-hybridized carbons (Fsp3) is 0.536. The van der Waals surface area contributed by atoms with Crippen LogP contribution in [0, 0.1) is 0 Å². The Kier molecular flexibility index (Phi) is 22.7. The maximum absolute atomic E-state index is 14.2. The van der Waals surface area contributed by atoms with E-state index in [1.165, 1.54) is 45.6 Å². The van der Waals surface area contributed by atoms with Gasteiger partial charge in [-0.3, -0.25) is 67.1 Å². The Labute approximate surface area is 505 Å². The maximum atomic E-state index is 14.2. The van der Waals surface area contributed by atoms with Gasteiger partial charge in [0, 0.05) is 63.7 Å². The molecule has 0 aromatic heterocycles. The van der Waals surface area contributed by atoms with Gasteiger partial charge in [-0.05, 0) is 89.5 Å². The molecule has 32 nitrogen and oxygen atoms in total. The molecule has 4 heterocycles. The van der Waals surface area contributed by atoms with Crippen molar-refractivity contribution >= 4 is 93.8 Å². The van der Waals surface area contributed by atoms with Crippen LogP contribution < -0.4 is 64.6 Å². The van der Waals surface area contributed by atoms with Gasteiger partial charge in [-0.15, -0.1) is 0 Å². The molecule has 32 heteroatoms. The molecule has 4 saturated heterocycles. The number of benzene rings is 2. The number of nitrogens with one attached hydrogen (secondary N) is 10. The summed E-state index contributed by atoms with van der Waals surface area (Å²) in [5.41, 5.74) is 9.89. The molecular formula is C56H76N16O16. The number of ketones is 2. The van der Waals surface area contributed by atoms with Crippen LogP contribution in [0.5, 0.6) is 11.5 Å². The van der Waals surface area contributed by atoms with Crippen LogP contribution in [0.25, 0.3) is 0 Å². The third-order valence-corrected chi connectivity index (χ3v) is 15.8. The molecule has 2 aromatic carbocycles. The molecule has 12 amide bonds. The van der Waals surface area contributed by atoms with Crippen molar-refractivity contribution in [2.75, 3.05) is 102 Å². The monoisotopic (exact) mass is 1230 g/mol. The third kappa shape index (κ3) is 15.7. The van der Waals surface area contributed by atoms with Crippen molar-refractivity contribution in [1.29, 1.82) is 0 Å².